The highest BCUT2D eigenvalue weighted by Crippen LogP contribution is 2.35. The highest BCUT2D eigenvalue weighted by Gasteiger charge is 2.39. The first-order valence-corrected chi connectivity index (χ1v) is 6.21. The average molecular weight is 243 g/mol. The molecule has 1 aliphatic rings. The molecule has 3 N–H and O–H groups in total. The van der Waals surface area contributed by atoms with E-state index in [4.69, 9.17) is 10.5 Å². The third kappa shape index (κ3) is 3.66. The van der Waals surface area contributed by atoms with Crippen molar-refractivity contribution in [3.8, 4) is 0 Å². The van der Waals surface area contributed by atoms with Crippen LogP contribution in [-0.2, 0) is 9.53 Å². The van der Waals surface area contributed by atoms with E-state index in [2.05, 4.69) is 24.3 Å². The second-order valence-corrected chi connectivity index (χ2v) is 5.05. The smallest absolute Gasteiger partial charge is 0.222 e. The molecule has 0 saturated heterocycles. The topological polar surface area (TPSA) is 67.6 Å². The molecule has 1 saturated carbocycles. The molecule has 1 fully saturated rings. The van der Waals surface area contributed by atoms with E-state index in [0.29, 0.717) is 13.0 Å². The maximum Gasteiger partial charge on any atom is 0.222 e. The highest BCUT2D eigenvalue weighted by molar-refractivity contribution is 5.76. The van der Waals surface area contributed by atoms with Crippen molar-refractivity contribution in [3.05, 3.63) is 0 Å². The predicted molar refractivity (Wildman–Crippen MR) is 67.7 cm³/mol. The summed E-state index contributed by atoms with van der Waals surface area (Å²) in [7, 11) is 5.73. The molecule has 0 aromatic heterocycles. The van der Waals surface area contributed by atoms with Crippen LogP contribution in [0.3, 0.4) is 0 Å². The SMILES string of the molecule is COC(CN)CC(=O)NCC1(N(C)C)CCC1. The Balaban J connectivity index is 2.32. The lowest BCUT2D eigenvalue weighted by Gasteiger charge is -2.47. The Morgan fingerprint density at radius 1 is 1.53 bits per heavy atom. The quantitative estimate of drug-likeness (QED) is 0.658. The summed E-state index contributed by atoms with van der Waals surface area (Å²) in [6.45, 7) is 1.10. The minimum atomic E-state index is -0.174. The van der Waals surface area contributed by atoms with Gasteiger partial charge in [0.15, 0.2) is 0 Å². The fourth-order valence-electron chi connectivity index (χ4n) is 2.17. The van der Waals surface area contributed by atoms with Crippen molar-refractivity contribution in [1.29, 1.82) is 0 Å². The summed E-state index contributed by atoms with van der Waals surface area (Å²) in [6.07, 6.45) is 3.73. The van der Waals surface area contributed by atoms with Gasteiger partial charge in [0.1, 0.15) is 0 Å². The molecule has 0 spiro atoms. The zero-order chi connectivity index (χ0) is 12.9. The summed E-state index contributed by atoms with van der Waals surface area (Å²) in [5, 5.41) is 2.99. The summed E-state index contributed by atoms with van der Waals surface area (Å²) < 4.78 is 5.09. The predicted octanol–water partition coefficient (Wildman–Crippen LogP) is -0.0493. The highest BCUT2D eigenvalue weighted by atomic mass is 16.5. The van der Waals surface area contributed by atoms with Crippen LogP contribution in [0, 0.1) is 0 Å². The first-order valence-electron chi connectivity index (χ1n) is 6.21. The van der Waals surface area contributed by atoms with Gasteiger partial charge in [-0.1, -0.05) is 0 Å². The third-order valence-corrected chi connectivity index (χ3v) is 3.86. The Morgan fingerprint density at radius 3 is 2.53 bits per heavy atom. The lowest BCUT2D eigenvalue weighted by Crippen LogP contribution is -2.57. The Bertz CT molecular complexity index is 248. The van der Waals surface area contributed by atoms with Gasteiger partial charge in [0.05, 0.1) is 12.5 Å². The number of rotatable bonds is 7. The molecular weight excluding hydrogens is 218 g/mol. The van der Waals surface area contributed by atoms with Crippen molar-refractivity contribution in [3.63, 3.8) is 0 Å². The second kappa shape index (κ2) is 6.33. The van der Waals surface area contributed by atoms with E-state index < -0.39 is 0 Å². The summed E-state index contributed by atoms with van der Waals surface area (Å²) in [5.41, 5.74) is 5.65. The Labute approximate surface area is 104 Å². The van der Waals surface area contributed by atoms with Gasteiger partial charge in [-0.3, -0.25) is 4.79 Å². The molecular formula is C12H25N3O2. The molecule has 5 nitrogen and oxygen atoms in total. The second-order valence-electron chi connectivity index (χ2n) is 5.05. The molecule has 0 radical (unpaired) electrons. The molecule has 0 aliphatic heterocycles. The fraction of sp³-hybridized carbons (Fsp3) is 0.917. The third-order valence-electron chi connectivity index (χ3n) is 3.86. The number of carbonyl (C=O) groups excluding carboxylic acids is 1. The van der Waals surface area contributed by atoms with Gasteiger partial charge in [-0.2, -0.15) is 0 Å². The summed E-state index contributed by atoms with van der Waals surface area (Å²) in [4.78, 5) is 13.9. The van der Waals surface area contributed by atoms with Crippen molar-refractivity contribution >= 4 is 5.91 Å². The van der Waals surface area contributed by atoms with E-state index in [1.165, 1.54) is 6.42 Å². The van der Waals surface area contributed by atoms with E-state index in [0.717, 1.165) is 19.4 Å². The summed E-state index contributed by atoms with van der Waals surface area (Å²) in [5.74, 6) is 0.0235. The van der Waals surface area contributed by atoms with Gasteiger partial charge in [-0.25, -0.2) is 0 Å². The van der Waals surface area contributed by atoms with Crippen LogP contribution in [0.4, 0.5) is 0 Å². The normalized spacial score (nSPS) is 19.8. The number of ether oxygens (including phenoxy) is 1. The number of carbonyl (C=O) groups is 1. The Kier molecular flexibility index (Phi) is 5.36. The maximum absolute atomic E-state index is 11.7. The van der Waals surface area contributed by atoms with E-state index in [-0.39, 0.29) is 17.6 Å². The zero-order valence-electron chi connectivity index (χ0n) is 11.2. The Morgan fingerprint density at radius 2 is 2.18 bits per heavy atom. The van der Waals surface area contributed by atoms with Gasteiger partial charge < -0.3 is 20.7 Å². The van der Waals surface area contributed by atoms with Gasteiger partial charge in [-0.15, -0.1) is 0 Å². The molecule has 1 amide bonds. The van der Waals surface area contributed by atoms with Crippen molar-refractivity contribution < 1.29 is 9.53 Å². The molecule has 17 heavy (non-hydrogen) atoms. The molecule has 1 unspecified atom stereocenters. The molecule has 5 heteroatoms. The lowest BCUT2D eigenvalue weighted by molar-refractivity contribution is -0.124. The van der Waals surface area contributed by atoms with Crippen LogP contribution in [0.25, 0.3) is 0 Å². The minimum Gasteiger partial charge on any atom is -0.380 e. The first kappa shape index (κ1) is 14.4. The van der Waals surface area contributed by atoms with Crippen LogP contribution in [0.2, 0.25) is 0 Å². The van der Waals surface area contributed by atoms with Crippen LogP contribution < -0.4 is 11.1 Å². The van der Waals surface area contributed by atoms with Gasteiger partial charge in [-0.05, 0) is 33.4 Å². The lowest BCUT2D eigenvalue weighted by atomic mass is 9.75. The van der Waals surface area contributed by atoms with Gasteiger partial charge in [0.2, 0.25) is 5.91 Å². The van der Waals surface area contributed by atoms with Crippen molar-refractivity contribution in [2.24, 2.45) is 5.73 Å². The number of methoxy groups -OCH3 is 1. The number of nitrogens with one attached hydrogen (secondary N) is 1. The van der Waals surface area contributed by atoms with Crippen molar-refractivity contribution in [2.45, 2.75) is 37.3 Å². The van der Waals surface area contributed by atoms with Gasteiger partial charge in [0, 0.05) is 25.7 Å². The summed E-state index contributed by atoms with van der Waals surface area (Å²) in [6, 6.07) is 0. The first-order chi connectivity index (χ1) is 8.04. The van der Waals surface area contributed by atoms with Crippen LogP contribution in [0.1, 0.15) is 25.7 Å². The van der Waals surface area contributed by atoms with Crippen LogP contribution in [-0.4, -0.2) is 56.7 Å². The standard InChI is InChI=1S/C12H25N3O2/c1-15(2)12(5-4-6-12)9-14-11(16)7-10(8-13)17-3/h10H,4-9,13H2,1-3H3,(H,14,16). The largest absolute Gasteiger partial charge is 0.380 e. The van der Waals surface area contributed by atoms with E-state index >= 15 is 0 Å². The molecule has 0 aromatic carbocycles. The molecule has 0 aromatic rings. The monoisotopic (exact) mass is 243 g/mol. The average Bonchev–Trinajstić information content (AvgIpc) is 2.23. The van der Waals surface area contributed by atoms with E-state index in [1.807, 2.05) is 0 Å². The minimum absolute atomic E-state index is 0.0235. The maximum atomic E-state index is 11.7. The summed E-state index contributed by atoms with van der Waals surface area (Å²) >= 11 is 0. The number of amides is 1. The van der Waals surface area contributed by atoms with Crippen LogP contribution in [0.15, 0.2) is 0 Å². The number of hydrogen-bond donors (Lipinski definition) is 2. The van der Waals surface area contributed by atoms with Crippen molar-refractivity contribution in [1.82, 2.24) is 10.2 Å². The molecule has 1 aliphatic carbocycles. The number of nitrogens with two attached hydrogens (primary N) is 1. The van der Waals surface area contributed by atoms with Crippen molar-refractivity contribution in [2.75, 3.05) is 34.3 Å². The molecule has 0 heterocycles. The fourth-order valence-corrected chi connectivity index (χ4v) is 2.17. The zero-order valence-corrected chi connectivity index (χ0v) is 11.2. The molecule has 100 valence electrons. The van der Waals surface area contributed by atoms with Crippen LogP contribution >= 0.6 is 0 Å². The molecule has 1 atom stereocenters. The number of nitrogens with zero attached hydrogens (tertiary/aromatic N) is 1. The number of hydrogen-bond acceptors (Lipinski definition) is 4. The molecule has 0 bridgehead atoms. The van der Waals surface area contributed by atoms with Crippen LogP contribution in [0.5, 0.6) is 0 Å². The molecule has 1 rings (SSSR count). The Hall–Kier alpha value is -0.650. The van der Waals surface area contributed by atoms with E-state index in [1.54, 1.807) is 7.11 Å². The van der Waals surface area contributed by atoms with E-state index in [9.17, 15) is 4.79 Å². The van der Waals surface area contributed by atoms with Gasteiger partial charge in [0.25, 0.3) is 0 Å². The number of likely N-dealkylation sites (N-methyl/N-ethyl adjacent to an activating group) is 1. The van der Waals surface area contributed by atoms with Gasteiger partial charge >= 0.3 is 0 Å².